The Balaban J connectivity index is 1.32. The van der Waals surface area contributed by atoms with E-state index in [1.54, 1.807) is 0 Å². The summed E-state index contributed by atoms with van der Waals surface area (Å²) >= 11 is 1.28. The highest BCUT2D eigenvalue weighted by Gasteiger charge is 2.16. The van der Waals surface area contributed by atoms with E-state index in [9.17, 15) is 9.59 Å². The predicted octanol–water partition coefficient (Wildman–Crippen LogP) is 4.19. The van der Waals surface area contributed by atoms with Crippen molar-refractivity contribution in [2.45, 2.75) is 71.3 Å². The van der Waals surface area contributed by atoms with Gasteiger partial charge in [0.2, 0.25) is 10.9 Å². The fourth-order valence-corrected chi connectivity index (χ4v) is 4.67. The largest absolute Gasteiger partial charge is 0.356 e. The minimum absolute atomic E-state index is 0.0786. The molecule has 1 aliphatic heterocycles. The van der Waals surface area contributed by atoms with Crippen LogP contribution in [0.15, 0.2) is 24.3 Å². The molecule has 0 saturated carbocycles. The van der Waals surface area contributed by atoms with Gasteiger partial charge in [-0.2, -0.15) is 0 Å². The van der Waals surface area contributed by atoms with Crippen LogP contribution in [0.3, 0.4) is 0 Å². The highest BCUT2D eigenvalue weighted by molar-refractivity contribution is 7.13. The van der Waals surface area contributed by atoms with Gasteiger partial charge < -0.3 is 15.5 Å². The summed E-state index contributed by atoms with van der Waals surface area (Å²) in [7, 11) is 0. The maximum atomic E-state index is 12.3. The van der Waals surface area contributed by atoms with Crippen molar-refractivity contribution in [1.82, 2.24) is 20.4 Å². The summed E-state index contributed by atoms with van der Waals surface area (Å²) in [4.78, 5) is 27.1. The Labute approximate surface area is 195 Å². The summed E-state index contributed by atoms with van der Waals surface area (Å²) in [5, 5.41) is 15.1. The van der Waals surface area contributed by atoms with Crippen molar-refractivity contribution in [3.05, 3.63) is 39.8 Å². The minimum Gasteiger partial charge on any atom is -0.356 e. The molecule has 1 aliphatic rings. The van der Waals surface area contributed by atoms with Gasteiger partial charge in [0, 0.05) is 31.1 Å². The summed E-state index contributed by atoms with van der Waals surface area (Å²) < 4.78 is 0. The number of hydrogen-bond acceptors (Lipinski definition) is 6. The molecular weight excluding hydrogens is 422 g/mol. The van der Waals surface area contributed by atoms with Gasteiger partial charge in [0.05, 0.1) is 0 Å². The van der Waals surface area contributed by atoms with Crippen LogP contribution in [0, 0.1) is 6.92 Å². The molecule has 1 atom stereocenters. The number of benzene rings is 1. The molecule has 2 heterocycles. The van der Waals surface area contributed by atoms with E-state index in [1.807, 2.05) is 31.2 Å². The summed E-state index contributed by atoms with van der Waals surface area (Å²) in [6.07, 6.45) is 8.05. The molecule has 0 bridgehead atoms. The van der Waals surface area contributed by atoms with Gasteiger partial charge in [-0.3, -0.25) is 9.59 Å². The molecule has 32 heavy (non-hydrogen) atoms. The second-order valence-electron chi connectivity index (χ2n) is 8.61. The third-order valence-electron chi connectivity index (χ3n) is 5.91. The Morgan fingerprint density at radius 3 is 2.53 bits per heavy atom. The van der Waals surface area contributed by atoms with Gasteiger partial charge in [-0.15, -0.1) is 10.2 Å². The van der Waals surface area contributed by atoms with Crippen LogP contribution in [-0.4, -0.2) is 52.6 Å². The third-order valence-corrected chi connectivity index (χ3v) is 6.90. The molecule has 0 unspecified atom stereocenters. The van der Waals surface area contributed by atoms with Crippen molar-refractivity contribution in [3.8, 4) is 0 Å². The third kappa shape index (κ3) is 7.98. The Bertz CT molecular complexity index is 860. The molecular formula is C24H35N5O2S. The summed E-state index contributed by atoms with van der Waals surface area (Å²) in [5.41, 5.74) is 1.87. The molecule has 2 amide bonds. The number of nitrogens with one attached hydrogen (secondary N) is 2. The maximum absolute atomic E-state index is 12.3. The molecule has 1 saturated heterocycles. The molecule has 1 fully saturated rings. The number of rotatable bonds is 10. The Hall–Kier alpha value is -2.32. The summed E-state index contributed by atoms with van der Waals surface area (Å²) in [6.45, 7) is 7.35. The number of aryl methyl sites for hydroxylation is 2. The molecule has 7 nitrogen and oxygen atoms in total. The second-order valence-corrected chi connectivity index (χ2v) is 9.67. The smallest absolute Gasteiger partial charge is 0.286 e. The number of hydrogen-bond donors (Lipinski definition) is 2. The van der Waals surface area contributed by atoms with E-state index in [1.165, 1.54) is 50.1 Å². The first-order valence-corrected chi connectivity index (χ1v) is 12.5. The number of aromatic nitrogens is 2. The average Bonchev–Trinajstić information content (AvgIpc) is 3.08. The lowest BCUT2D eigenvalue weighted by atomic mass is 10.2. The van der Waals surface area contributed by atoms with Crippen molar-refractivity contribution in [3.63, 3.8) is 0 Å². The van der Waals surface area contributed by atoms with Gasteiger partial charge >= 0.3 is 0 Å². The number of nitrogens with zero attached hydrogens (tertiary/aromatic N) is 3. The number of amides is 2. The van der Waals surface area contributed by atoms with Crippen LogP contribution < -0.4 is 10.6 Å². The van der Waals surface area contributed by atoms with Crippen molar-refractivity contribution in [2.75, 3.05) is 25.0 Å². The van der Waals surface area contributed by atoms with Gasteiger partial charge in [0.1, 0.15) is 5.01 Å². The van der Waals surface area contributed by atoms with Gasteiger partial charge in [-0.05, 0) is 64.8 Å². The van der Waals surface area contributed by atoms with Gasteiger partial charge in [0.15, 0.2) is 0 Å². The molecule has 0 radical (unpaired) electrons. The van der Waals surface area contributed by atoms with Crippen molar-refractivity contribution >= 4 is 28.8 Å². The van der Waals surface area contributed by atoms with Gasteiger partial charge in [-0.1, -0.05) is 41.9 Å². The molecule has 1 aromatic heterocycles. The zero-order valence-electron chi connectivity index (χ0n) is 19.2. The number of likely N-dealkylation sites (tertiary alicyclic amines) is 1. The topological polar surface area (TPSA) is 87.2 Å². The van der Waals surface area contributed by atoms with Crippen molar-refractivity contribution < 1.29 is 9.59 Å². The van der Waals surface area contributed by atoms with Crippen LogP contribution in [-0.2, 0) is 11.2 Å². The second kappa shape index (κ2) is 12.6. The van der Waals surface area contributed by atoms with Crippen LogP contribution in [0.2, 0.25) is 0 Å². The first kappa shape index (κ1) is 24.3. The molecule has 0 aliphatic carbocycles. The standard InChI is InChI=1S/C24H35N5O2S/c1-18-10-12-20(13-11-18)26-23(31)24-28-27-22(32-24)9-7-8-21(30)25-15-14-19(2)29-16-5-3-4-6-17-29/h10-13,19H,3-9,14-17H2,1-2H3,(H,25,30)(H,26,31)/t19-/m0/s1. The van der Waals surface area contributed by atoms with Crippen LogP contribution in [0.25, 0.3) is 0 Å². The number of anilines is 1. The maximum Gasteiger partial charge on any atom is 0.286 e. The van der Waals surface area contributed by atoms with Crippen LogP contribution in [0.4, 0.5) is 5.69 Å². The van der Waals surface area contributed by atoms with E-state index in [0.29, 0.717) is 30.3 Å². The average molecular weight is 458 g/mol. The highest BCUT2D eigenvalue weighted by Crippen LogP contribution is 2.16. The molecule has 0 spiro atoms. The van der Waals surface area contributed by atoms with Gasteiger partial charge in [0.25, 0.3) is 5.91 Å². The SMILES string of the molecule is Cc1ccc(NC(=O)c2nnc(CCCC(=O)NCC[C@H](C)N3CCCCCC3)s2)cc1. The Morgan fingerprint density at radius 2 is 1.81 bits per heavy atom. The summed E-state index contributed by atoms with van der Waals surface area (Å²) in [6, 6.07) is 8.13. The van der Waals surface area contributed by atoms with Crippen molar-refractivity contribution in [1.29, 1.82) is 0 Å². The van der Waals surface area contributed by atoms with E-state index >= 15 is 0 Å². The zero-order valence-corrected chi connectivity index (χ0v) is 20.0. The number of carbonyl (C=O) groups excluding carboxylic acids is 2. The van der Waals surface area contributed by atoms with E-state index in [-0.39, 0.29) is 11.8 Å². The molecule has 174 valence electrons. The van der Waals surface area contributed by atoms with E-state index in [2.05, 4.69) is 32.7 Å². The lowest BCUT2D eigenvalue weighted by Crippen LogP contribution is -2.37. The first-order chi connectivity index (χ1) is 15.5. The lowest BCUT2D eigenvalue weighted by Gasteiger charge is -2.27. The zero-order chi connectivity index (χ0) is 22.8. The molecule has 3 rings (SSSR count). The minimum atomic E-state index is -0.256. The normalized spacial score (nSPS) is 15.7. The van der Waals surface area contributed by atoms with Crippen LogP contribution in [0.1, 0.15) is 72.2 Å². The van der Waals surface area contributed by atoms with Gasteiger partial charge in [-0.25, -0.2) is 0 Å². The highest BCUT2D eigenvalue weighted by atomic mass is 32.1. The fourth-order valence-electron chi connectivity index (χ4n) is 3.90. The molecule has 8 heteroatoms. The lowest BCUT2D eigenvalue weighted by molar-refractivity contribution is -0.121. The number of carbonyl (C=O) groups is 2. The Kier molecular flexibility index (Phi) is 9.62. The predicted molar refractivity (Wildman–Crippen MR) is 129 cm³/mol. The fraction of sp³-hybridized carbons (Fsp3) is 0.583. The van der Waals surface area contributed by atoms with Crippen LogP contribution in [0.5, 0.6) is 0 Å². The molecule has 1 aromatic carbocycles. The first-order valence-electron chi connectivity index (χ1n) is 11.7. The quantitative estimate of drug-likeness (QED) is 0.559. The van der Waals surface area contributed by atoms with E-state index < -0.39 is 0 Å². The monoisotopic (exact) mass is 457 g/mol. The molecule has 2 aromatic rings. The Morgan fingerprint density at radius 1 is 1.09 bits per heavy atom. The van der Waals surface area contributed by atoms with E-state index in [0.717, 1.165) is 29.2 Å². The molecule has 2 N–H and O–H groups in total. The van der Waals surface area contributed by atoms with Crippen LogP contribution >= 0.6 is 11.3 Å². The van der Waals surface area contributed by atoms with Crippen molar-refractivity contribution in [2.24, 2.45) is 0 Å². The van der Waals surface area contributed by atoms with E-state index in [4.69, 9.17) is 0 Å². The summed E-state index contributed by atoms with van der Waals surface area (Å²) in [5.74, 6) is -0.177.